The molecule has 1 aromatic heterocycles. The Hall–Kier alpha value is -0.870. The van der Waals surface area contributed by atoms with Gasteiger partial charge in [-0.15, -0.1) is 11.3 Å². The van der Waals surface area contributed by atoms with Crippen molar-refractivity contribution in [2.75, 3.05) is 6.54 Å². The van der Waals surface area contributed by atoms with Gasteiger partial charge < -0.3 is 4.90 Å². The number of thiophene rings is 1. The van der Waals surface area contributed by atoms with Gasteiger partial charge in [0.15, 0.2) is 0 Å². The number of carbonyl (C=O) groups excluding carboxylic acids is 1. The molecule has 1 saturated carbocycles. The van der Waals surface area contributed by atoms with E-state index < -0.39 is 0 Å². The predicted octanol–water partition coefficient (Wildman–Crippen LogP) is 3.17. The number of aryl methyl sites for hydroxylation is 1. The van der Waals surface area contributed by atoms with E-state index in [9.17, 15) is 4.79 Å². The standard InChI is InChI=1S/C16H24N2OS/c1-9(2)14-16(19)18(8-12-7-10(12)3)15(17-14)13-6-5-11(4)20-13/h5-6,9-10,12,14-15,17H,7-8H2,1-4H3. The van der Waals surface area contributed by atoms with E-state index in [-0.39, 0.29) is 18.1 Å². The summed E-state index contributed by atoms with van der Waals surface area (Å²) in [6, 6.07) is 4.28. The Kier molecular flexibility index (Phi) is 3.63. The van der Waals surface area contributed by atoms with Gasteiger partial charge in [-0.3, -0.25) is 10.1 Å². The highest BCUT2D eigenvalue weighted by molar-refractivity contribution is 7.12. The lowest BCUT2D eigenvalue weighted by atomic mass is 10.1. The van der Waals surface area contributed by atoms with E-state index in [4.69, 9.17) is 0 Å². The fraction of sp³-hybridized carbons (Fsp3) is 0.688. The highest BCUT2D eigenvalue weighted by Crippen LogP contribution is 2.41. The third kappa shape index (κ3) is 2.51. The average molecular weight is 292 g/mol. The fourth-order valence-electron chi connectivity index (χ4n) is 3.05. The van der Waals surface area contributed by atoms with E-state index in [0.717, 1.165) is 12.5 Å². The summed E-state index contributed by atoms with van der Waals surface area (Å²) >= 11 is 1.80. The zero-order valence-corrected chi connectivity index (χ0v) is 13.5. The molecule has 0 radical (unpaired) electrons. The summed E-state index contributed by atoms with van der Waals surface area (Å²) in [5, 5.41) is 3.55. The van der Waals surface area contributed by atoms with Crippen LogP contribution in [-0.4, -0.2) is 23.4 Å². The zero-order chi connectivity index (χ0) is 14.4. The summed E-state index contributed by atoms with van der Waals surface area (Å²) in [7, 11) is 0. The molecule has 2 heterocycles. The van der Waals surface area contributed by atoms with Crippen molar-refractivity contribution >= 4 is 17.2 Å². The van der Waals surface area contributed by atoms with Gasteiger partial charge in [0.25, 0.3) is 0 Å². The fourth-order valence-corrected chi connectivity index (χ4v) is 4.00. The molecule has 4 atom stereocenters. The zero-order valence-electron chi connectivity index (χ0n) is 12.7. The smallest absolute Gasteiger partial charge is 0.241 e. The number of hydrogen-bond acceptors (Lipinski definition) is 3. The van der Waals surface area contributed by atoms with Crippen LogP contribution in [0.1, 0.15) is 43.1 Å². The molecule has 110 valence electrons. The molecular weight excluding hydrogens is 268 g/mol. The minimum absolute atomic E-state index is 0.0311. The summed E-state index contributed by atoms with van der Waals surface area (Å²) < 4.78 is 0. The maximum absolute atomic E-state index is 12.7. The molecule has 3 rings (SSSR count). The summed E-state index contributed by atoms with van der Waals surface area (Å²) in [5.74, 6) is 2.12. The van der Waals surface area contributed by atoms with Crippen LogP contribution < -0.4 is 5.32 Å². The Morgan fingerprint density at radius 3 is 2.65 bits per heavy atom. The number of rotatable bonds is 4. The van der Waals surface area contributed by atoms with E-state index in [1.54, 1.807) is 11.3 Å². The molecule has 2 aliphatic rings. The Balaban J connectivity index is 1.83. The summed E-state index contributed by atoms with van der Waals surface area (Å²) in [4.78, 5) is 17.3. The second-order valence-corrected chi connectivity index (χ2v) is 8.02. The van der Waals surface area contributed by atoms with Crippen molar-refractivity contribution in [2.45, 2.75) is 46.3 Å². The predicted molar refractivity (Wildman–Crippen MR) is 82.5 cm³/mol. The van der Waals surface area contributed by atoms with Gasteiger partial charge in [-0.25, -0.2) is 0 Å². The van der Waals surface area contributed by atoms with Crippen molar-refractivity contribution in [1.82, 2.24) is 10.2 Å². The number of carbonyl (C=O) groups is 1. The molecule has 1 aliphatic heterocycles. The molecule has 1 amide bonds. The third-order valence-electron chi connectivity index (χ3n) is 4.60. The number of nitrogens with zero attached hydrogens (tertiary/aromatic N) is 1. The summed E-state index contributed by atoms with van der Waals surface area (Å²) in [6.45, 7) is 9.56. The Labute approximate surface area is 125 Å². The van der Waals surface area contributed by atoms with E-state index in [0.29, 0.717) is 11.8 Å². The molecule has 2 fully saturated rings. The van der Waals surface area contributed by atoms with Crippen molar-refractivity contribution < 1.29 is 4.79 Å². The van der Waals surface area contributed by atoms with Crippen LogP contribution in [-0.2, 0) is 4.79 Å². The topological polar surface area (TPSA) is 32.3 Å². The second-order valence-electron chi connectivity index (χ2n) is 6.70. The van der Waals surface area contributed by atoms with Crippen LogP contribution in [0.15, 0.2) is 12.1 Å². The molecule has 3 nitrogen and oxygen atoms in total. The van der Waals surface area contributed by atoms with Crippen LogP contribution in [0, 0.1) is 24.7 Å². The van der Waals surface area contributed by atoms with Crippen molar-refractivity contribution in [3.63, 3.8) is 0 Å². The molecule has 1 aliphatic carbocycles. The lowest BCUT2D eigenvalue weighted by molar-refractivity contribution is -0.131. The first-order valence-electron chi connectivity index (χ1n) is 7.60. The molecular formula is C16H24N2OS. The van der Waals surface area contributed by atoms with E-state index in [1.165, 1.54) is 16.2 Å². The minimum atomic E-state index is -0.0311. The quantitative estimate of drug-likeness (QED) is 0.924. The first-order valence-corrected chi connectivity index (χ1v) is 8.42. The summed E-state index contributed by atoms with van der Waals surface area (Å²) in [5.41, 5.74) is 0. The van der Waals surface area contributed by atoms with Crippen molar-refractivity contribution in [1.29, 1.82) is 0 Å². The van der Waals surface area contributed by atoms with Gasteiger partial charge in [0.2, 0.25) is 5.91 Å². The highest BCUT2D eigenvalue weighted by Gasteiger charge is 2.45. The van der Waals surface area contributed by atoms with Gasteiger partial charge in [-0.1, -0.05) is 20.8 Å². The molecule has 1 aromatic rings. The number of nitrogens with one attached hydrogen (secondary N) is 1. The van der Waals surface area contributed by atoms with Crippen molar-refractivity contribution in [2.24, 2.45) is 17.8 Å². The summed E-state index contributed by atoms with van der Waals surface area (Å²) in [6.07, 6.45) is 1.35. The van der Waals surface area contributed by atoms with Gasteiger partial charge in [-0.05, 0) is 43.2 Å². The van der Waals surface area contributed by atoms with Crippen LogP contribution >= 0.6 is 11.3 Å². The van der Waals surface area contributed by atoms with E-state index in [2.05, 4.69) is 50.0 Å². The van der Waals surface area contributed by atoms with Gasteiger partial charge in [0.05, 0.1) is 6.04 Å². The van der Waals surface area contributed by atoms with Gasteiger partial charge >= 0.3 is 0 Å². The minimum Gasteiger partial charge on any atom is -0.320 e. The largest absolute Gasteiger partial charge is 0.320 e. The molecule has 4 heteroatoms. The van der Waals surface area contributed by atoms with Gasteiger partial charge in [0, 0.05) is 16.3 Å². The molecule has 1 N–H and O–H groups in total. The maximum Gasteiger partial charge on any atom is 0.241 e. The normalized spacial score (nSPS) is 33.2. The first kappa shape index (κ1) is 14.1. The highest BCUT2D eigenvalue weighted by atomic mass is 32.1. The van der Waals surface area contributed by atoms with Gasteiger partial charge in [-0.2, -0.15) is 0 Å². The van der Waals surface area contributed by atoms with Crippen LogP contribution in [0.4, 0.5) is 0 Å². The van der Waals surface area contributed by atoms with Crippen LogP contribution in [0.2, 0.25) is 0 Å². The molecule has 0 aromatic carbocycles. The molecule has 0 spiro atoms. The van der Waals surface area contributed by atoms with Crippen molar-refractivity contribution in [3.05, 3.63) is 21.9 Å². The monoisotopic (exact) mass is 292 g/mol. The lowest BCUT2D eigenvalue weighted by Gasteiger charge is -2.23. The Morgan fingerprint density at radius 2 is 2.15 bits per heavy atom. The molecule has 4 unspecified atom stereocenters. The van der Waals surface area contributed by atoms with E-state index in [1.807, 2.05) is 0 Å². The van der Waals surface area contributed by atoms with Crippen LogP contribution in [0.5, 0.6) is 0 Å². The molecule has 0 bridgehead atoms. The molecule has 1 saturated heterocycles. The van der Waals surface area contributed by atoms with Gasteiger partial charge in [0.1, 0.15) is 6.17 Å². The second kappa shape index (κ2) is 5.15. The van der Waals surface area contributed by atoms with Crippen LogP contribution in [0.25, 0.3) is 0 Å². The average Bonchev–Trinajstić information content (AvgIpc) is 2.77. The number of amides is 1. The maximum atomic E-state index is 12.7. The van der Waals surface area contributed by atoms with Crippen LogP contribution in [0.3, 0.4) is 0 Å². The Bertz CT molecular complexity index is 510. The van der Waals surface area contributed by atoms with E-state index >= 15 is 0 Å². The van der Waals surface area contributed by atoms with Crippen molar-refractivity contribution in [3.8, 4) is 0 Å². The Morgan fingerprint density at radius 1 is 1.45 bits per heavy atom. The number of hydrogen-bond donors (Lipinski definition) is 1. The lowest BCUT2D eigenvalue weighted by Crippen LogP contribution is -2.35. The first-order chi connectivity index (χ1) is 9.47. The SMILES string of the molecule is Cc1ccc(C2NC(C(C)C)C(=O)N2CC2CC2C)s1. The molecule has 20 heavy (non-hydrogen) atoms. The third-order valence-corrected chi connectivity index (χ3v) is 5.66.